The van der Waals surface area contributed by atoms with Crippen molar-refractivity contribution in [1.82, 2.24) is 0 Å². The fraction of sp³-hybridized carbons (Fsp3) is 0.538. The van der Waals surface area contributed by atoms with E-state index in [0.717, 1.165) is 6.08 Å². The predicted octanol–water partition coefficient (Wildman–Crippen LogP) is -1.72. The van der Waals surface area contributed by atoms with Crippen molar-refractivity contribution >= 4 is 11.9 Å². The minimum absolute atomic E-state index is 0.0461. The van der Waals surface area contributed by atoms with Gasteiger partial charge in [-0.2, -0.15) is 0 Å². The summed E-state index contributed by atoms with van der Waals surface area (Å²) in [6.07, 6.45) is -1.23. The first-order valence-corrected chi connectivity index (χ1v) is 6.11. The number of carbonyl (C=O) groups is 2. The van der Waals surface area contributed by atoms with Crippen molar-refractivity contribution in [2.45, 2.75) is 19.1 Å². The van der Waals surface area contributed by atoms with Crippen molar-refractivity contribution in [3.8, 4) is 0 Å². The van der Waals surface area contributed by atoms with Gasteiger partial charge in [0.2, 0.25) is 0 Å². The third-order valence-electron chi connectivity index (χ3n) is 2.21. The first-order chi connectivity index (χ1) is 9.81. The van der Waals surface area contributed by atoms with Crippen molar-refractivity contribution in [3.63, 3.8) is 0 Å². The molecule has 0 aromatic heterocycles. The molecule has 0 saturated carbocycles. The zero-order valence-corrected chi connectivity index (χ0v) is 11.7. The van der Waals surface area contributed by atoms with Gasteiger partial charge in [0.15, 0.2) is 0 Å². The Hall–Kier alpha value is -1.74. The first-order valence-electron chi connectivity index (χ1n) is 6.11. The van der Waals surface area contributed by atoms with E-state index in [1.54, 1.807) is 0 Å². The fourth-order valence-corrected chi connectivity index (χ4v) is 1.03. The average Bonchev–Trinajstić information content (AvgIpc) is 2.48. The van der Waals surface area contributed by atoms with E-state index in [0.29, 0.717) is 0 Å². The molecule has 0 aliphatic carbocycles. The molecule has 0 heterocycles. The molecule has 0 fully saturated rings. The second kappa shape index (κ2) is 10.1. The van der Waals surface area contributed by atoms with Crippen molar-refractivity contribution < 1.29 is 39.5 Å². The van der Waals surface area contributed by atoms with Gasteiger partial charge in [-0.25, -0.2) is 9.59 Å². The molecule has 2 atom stereocenters. The van der Waals surface area contributed by atoms with E-state index >= 15 is 0 Å². The van der Waals surface area contributed by atoms with Gasteiger partial charge in [0.25, 0.3) is 0 Å². The highest BCUT2D eigenvalue weighted by Gasteiger charge is 2.14. The number of esters is 2. The lowest BCUT2D eigenvalue weighted by Crippen LogP contribution is -2.23. The fourth-order valence-electron chi connectivity index (χ4n) is 1.03. The summed E-state index contributed by atoms with van der Waals surface area (Å²) < 4.78 is 9.30. The van der Waals surface area contributed by atoms with Crippen molar-refractivity contribution in [2.75, 3.05) is 26.4 Å². The quantitative estimate of drug-likeness (QED) is 0.225. The smallest absolute Gasteiger partial charge is 0.337 e. The van der Waals surface area contributed by atoms with Crippen LogP contribution in [0, 0.1) is 0 Å². The Kier molecular flexibility index (Phi) is 9.22. The maximum Gasteiger partial charge on any atom is 0.337 e. The van der Waals surface area contributed by atoms with E-state index in [1.807, 2.05) is 0 Å². The summed E-state index contributed by atoms with van der Waals surface area (Å²) in [5, 5.41) is 35.1. The molecule has 0 rings (SSSR count). The molecule has 0 aliphatic rings. The predicted molar refractivity (Wildman–Crippen MR) is 71.0 cm³/mol. The molecule has 0 aromatic rings. The van der Waals surface area contributed by atoms with E-state index in [2.05, 4.69) is 16.1 Å². The number of hydrogen-bond acceptors (Lipinski definition) is 8. The summed E-state index contributed by atoms with van der Waals surface area (Å²) >= 11 is 0. The van der Waals surface area contributed by atoms with Crippen LogP contribution < -0.4 is 0 Å². The van der Waals surface area contributed by atoms with E-state index in [4.69, 9.17) is 20.4 Å². The molecule has 4 N–H and O–H groups in total. The second-order valence-corrected chi connectivity index (χ2v) is 4.22. The van der Waals surface area contributed by atoms with Gasteiger partial charge in [-0.05, 0) is 13.0 Å². The number of aliphatic hydroxyl groups is 4. The molecule has 8 heteroatoms. The first kappa shape index (κ1) is 19.3. The molecule has 0 radical (unpaired) electrons. The molecule has 0 saturated heterocycles. The van der Waals surface area contributed by atoms with Gasteiger partial charge in [0.1, 0.15) is 25.4 Å². The Bertz CT molecular complexity index is 401. The molecule has 2 unspecified atom stereocenters. The van der Waals surface area contributed by atoms with Crippen LogP contribution in [-0.2, 0) is 19.1 Å². The summed E-state index contributed by atoms with van der Waals surface area (Å²) in [5.74, 6) is -1.64. The maximum atomic E-state index is 11.5. The second-order valence-electron chi connectivity index (χ2n) is 4.22. The van der Waals surface area contributed by atoms with E-state index < -0.39 is 44.0 Å². The van der Waals surface area contributed by atoms with Gasteiger partial charge < -0.3 is 29.9 Å². The van der Waals surface area contributed by atoms with Crippen LogP contribution in [0.25, 0.3) is 0 Å². The number of hydrogen-bond donors (Lipinski definition) is 4. The third kappa shape index (κ3) is 8.20. The SMILES string of the molecule is C=C(/C=C(\C)C(=O)OCC(O)CO)C(=O)OCC(O)CO. The van der Waals surface area contributed by atoms with Crippen LogP contribution in [-0.4, -0.2) is 71.0 Å². The van der Waals surface area contributed by atoms with E-state index in [-0.39, 0.29) is 17.8 Å². The standard InChI is InChI=1S/C13H20O8/c1-8(12(18)20-6-10(16)4-14)3-9(2)13(19)21-7-11(17)5-15/h3,10-11,14-17H,1,4-7H2,2H3/b9-3+. The topological polar surface area (TPSA) is 134 Å². The minimum atomic E-state index is -1.18. The monoisotopic (exact) mass is 304 g/mol. The Balaban J connectivity index is 4.37. The van der Waals surface area contributed by atoms with Crippen LogP contribution in [0.1, 0.15) is 6.92 Å². The van der Waals surface area contributed by atoms with E-state index in [1.165, 1.54) is 6.92 Å². The molecule has 21 heavy (non-hydrogen) atoms. The summed E-state index contributed by atoms with van der Waals surface area (Å²) in [7, 11) is 0. The van der Waals surface area contributed by atoms with E-state index in [9.17, 15) is 9.59 Å². The lowest BCUT2D eigenvalue weighted by Gasteiger charge is -2.10. The molecule has 0 aliphatic heterocycles. The van der Waals surface area contributed by atoms with Crippen LogP contribution >= 0.6 is 0 Å². The summed E-state index contributed by atoms with van der Waals surface area (Å²) in [6.45, 7) is 2.91. The Morgan fingerprint density at radius 1 is 1.05 bits per heavy atom. The van der Waals surface area contributed by atoms with Crippen molar-refractivity contribution in [1.29, 1.82) is 0 Å². The Morgan fingerprint density at radius 2 is 1.48 bits per heavy atom. The molecular formula is C13H20O8. The summed E-state index contributed by atoms with van der Waals surface area (Å²) in [6, 6.07) is 0. The highest BCUT2D eigenvalue weighted by molar-refractivity contribution is 5.95. The number of ether oxygens (including phenoxy) is 2. The minimum Gasteiger partial charge on any atom is -0.459 e. The van der Waals surface area contributed by atoms with Gasteiger partial charge in [-0.15, -0.1) is 0 Å². The van der Waals surface area contributed by atoms with Crippen LogP contribution in [0.2, 0.25) is 0 Å². The number of rotatable bonds is 9. The Morgan fingerprint density at radius 3 is 1.90 bits per heavy atom. The zero-order valence-electron chi connectivity index (χ0n) is 11.7. The Labute approximate surface area is 121 Å². The van der Waals surface area contributed by atoms with Crippen LogP contribution in [0.5, 0.6) is 0 Å². The molecule has 120 valence electrons. The number of aliphatic hydroxyl groups excluding tert-OH is 4. The van der Waals surface area contributed by atoms with Crippen molar-refractivity contribution in [2.24, 2.45) is 0 Å². The van der Waals surface area contributed by atoms with Gasteiger partial charge in [0, 0.05) is 5.57 Å². The van der Waals surface area contributed by atoms with Gasteiger partial charge in [0.05, 0.1) is 18.8 Å². The van der Waals surface area contributed by atoms with Gasteiger partial charge in [-0.1, -0.05) is 6.58 Å². The highest BCUT2D eigenvalue weighted by atomic mass is 16.5. The highest BCUT2D eigenvalue weighted by Crippen LogP contribution is 2.05. The third-order valence-corrected chi connectivity index (χ3v) is 2.21. The van der Waals surface area contributed by atoms with Crippen molar-refractivity contribution in [3.05, 3.63) is 23.8 Å². The van der Waals surface area contributed by atoms with Gasteiger partial charge >= 0.3 is 11.9 Å². The lowest BCUT2D eigenvalue weighted by molar-refractivity contribution is -0.142. The maximum absolute atomic E-state index is 11.5. The number of carbonyl (C=O) groups excluding carboxylic acids is 2. The molecule has 0 aromatic carbocycles. The van der Waals surface area contributed by atoms with Crippen LogP contribution in [0.4, 0.5) is 0 Å². The normalized spacial score (nSPS) is 14.2. The molecule has 0 amide bonds. The lowest BCUT2D eigenvalue weighted by atomic mass is 10.2. The molecule has 0 spiro atoms. The zero-order chi connectivity index (χ0) is 16.4. The average molecular weight is 304 g/mol. The molecule has 8 nitrogen and oxygen atoms in total. The summed E-state index contributed by atoms with van der Waals surface area (Å²) in [4.78, 5) is 22.9. The molecule has 0 bridgehead atoms. The van der Waals surface area contributed by atoms with Crippen LogP contribution in [0.3, 0.4) is 0 Å². The molecular weight excluding hydrogens is 284 g/mol. The van der Waals surface area contributed by atoms with Crippen LogP contribution in [0.15, 0.2) is 23.8 Å². The van der Waals surface area contributed by atoms with Gasteiger partial charge in [-0.3, -0.25) is 0 Å². The summed E-state index contributed by atoms with van der Waals surface area (Å²) in [5.41, 5.74) is -0.0953. The largest absolute Gasteiger partial charge is 0.459 e.